The molecule has 0 unspecified atom stereocenters. The predicted octanol–water partition coefficient (Wildman–Crippen LogP) is 4.00. The average molecular weight is 418 g/mol. The van der Waals surface area contributed by atoms with Crippen molar-refractivity contribution in [2.24, 2.45) is 0 Å². The lowest BCUT2D eigenvalue weighted by Gasteiger charge is -2.18. The molecule has 0 atom stereocenters. The van der Waals surface area contributed by atoms with E-state index in [0.29, 0.717) is 13.1 Å². The molecule has 0 saturated carbocycles. The summed E-state index contributed by atoms with van der Waals surface area (Å²) < 4.78 is 26.9. The number of rotatable bonds is 10. The summed E-state index contributed by atoms with van der Waals surface area (Å²) in [6.45, 7) is 3.81. The highest BCUT2D eigenvalue weighted by molar-refractivity contribution is 7.91. The van der Waals surface area contributed by atoms with Gasteiger partial charge in [0.1, 0.15) is 0 Å². The summed E-state index contributed by atoms with van der Waals surface area (Å²) in [5.74, 6) is 0.0627. The third kappa shape index (κ3) is 5.31. The van der Waals surface area contributed by atoms with E-state index >= 15 is 0 Å². The number of nitrogens with zero attached hydrogens (tertiary/aromatic N) is 3. The molecule has 0 N–H and O–H groups in total. The van der Waals surface area contributed by atoms with Gasteiger partial charge in [-0.05, 0) is 36.9 Å². The van der Waals surface area contributed by atoms with Gasteiger partial charge in [0.2, 0.25) is 15.0 Å². The van der Waals surface area contributed by atoms with Crippen LogP contribution in [0.25, 0.3) is 0 Å². The Balaban J connectivity index is 1.75. The second kappa shape index (κ2) is 9.49. The molecule has 0 saturated heterocycles. The van der Waals surface area contributed by atoms with Gasteiger partial charge in [-0.3, -0.25) is 4.90 Å². The molecule has 2 aromatic heterocycles. The van der Waals surface area contributed by atoms with Crippen LogP contribution in [-0.4, -0.2) is 35.7 Å². The van der Waals surface area contributed by atoms with Crippen LogP contribution in [0, 0.1) is 0 Å². The lowest BCUT2D eigenvalue weighted by atomic mass is 10.1. The Morgan fingerprint density at radius 1 is 1.11 bits per heavy atom. The summed E-state index contributed by atoms with van der Waals surface area (Å²) in [4.78, 5) is 7.77. The summed E-state index contributed by atoms with van der Waals surface area (Å²) in [6, 6.07) is 14.4. The largest absolute Gasteiger partial charge is 0.318 e. The van der Waals surface area contributed by atoms with Crippen LogP contribution in [0.4, 0.5) is 0 Å². The van der Waals surface area contributed by atoms with Crippen LogP contribution in [0.2, 0.25) is 0 Å². The molecule has 5 nitrogen and oxygen atoms in total. The Bertz CT molecular complexity index is 965. The first kappa shape index (κ1) is 20.8. The van der Waals surface area contributed by atoms with Crippen molar-refractivity contribution in [3.8, 4) is 0 Å². The molecule has 0 fully saturated rings. The Hall–Kier alpha value is -1.96. The molecule has 0 amide bonds. The second-order valence-electron chi connectivity index (χ2n) is 6.93. The number of thiophene rings is 1. The van der Waals surface area contributed by atoms with Crippen LogP contribution < -0.4 is 0 Å². The van der Waals surface area contributed by atoms with E-state index in [0.717, 1.165) is 25.1 Å². The van der Waals surface area contributed by atoms with E-state index in [9.17, 15) is 8.42 Å². The standard InChI is InChI=1S/C21H27N3O2S2/c1-3-28(25,26)21-22-15-19(16-23(2)17-20-12-8-14-27-20)24(21)13-7-11-18-9-5-4-6-10-18/h4-6,8-10,12,14-15H,3,7,11,13,16-17H2,1-2H3. The Morgan fingerprint density at radius 3 is 2.57 bits per heavy atom. The van der Waals surface area contributed by atoms with Gasteiger partial charge in [0.15, 0.2) is 0 Å². The Morgan fingerprint density at radius 2 is 1.89 bits per heavy atom. The number of benzene rings is 1. The smallest absolute Gasteiger partial charge is 0.227 e. The fraction of sp³-hybridized carbons (Fsp3) is 0.381. The van der Waals surface area contributed by atoms with Crippen LogP contribution in [0.1, 0.15) is 29.5 Å². The van der Waals surface area contributed by atoms with Gasteiger partial charge in [-0.15, -0.1) is 11.3 Å². The highest BCUT2D eigenvalue weighted by Gasteiger charge is 2.22. The number of aryl methyl sites for hydroxylation is 1. The van der Waals surface area contributed by atoms with Gasteiger partial charge in [-0.2, -0.15) is 0 Å². The monoisotopic (exact) mass is 417 g/mol. The molecular formula is C21H27N3O2S2. The van der Waals surface area contributed by atoms with Crippen molar-refractivity contribution in [2.45, 2.75) is 44.6 Å². The number of aromatic nitrogens is 2. The summed E-state index contributed by atoms with van der Waals surface area (Å²) in [5.41, 5.74) is 2.21. The van der Waals surface area contributed by atoms with Gasteiger partial charge in [0, 0.05) is 24.5 Å². The molecule has 3 aromatic rings. The maximum absolute atomic E-state index is 12.5. The van der Waals surface area contributed by atoms with Gasteiger partial charge in [0.25, 0.3) is 0 Å². The fourth-order valence-electron chi connectivity index (χ4n) is 3.22. The normalized spacial score (nSPS) is 12.0. The molecule has 0 aliphatic carbocycles. The zero-order valence-electron chi connectivity index (χ0n) is 16.4. The van der Waals surface area contributed by atoms with Gasteiger partial charge in [0.05, 0.1) is 17.6 Å². The van der Waals surface area contributed by atoms with Crippen molar-refractivity contribution >= 4 is 21.2 Å². The van der Waals surface area contributed by atoms with Crippen molar-refractivity contribution in [1.29, 1.82) is 0 Å². The zero-order valence-corrected chi connectivity index (χ0v) is 18.0. The van der Waals surface area contributed by atoms with Crippen LogP contribution in [0.5, 0.6) is 0 Å². The average Bonchev–Trinajstić information content (AvgIpc) is 3.33. The summed E-state index contributed by atoms with van der Waals surface area (Å²) in [6.07, 6.45) is 3.50. The lowest BCUT2D eigenvalue weighted by molar-refractivity contribution is 0.310. The highest BCUT2D eigenvalue weighted by Crippen LogP contribution is 2.18. The third-order valence-electron chi connectivity index (χ3n) is 4.69. The quantitative estimate of drug-likeness (QED) is 0.500. The summed E-state index contributed by atoms with van der Waals surface area (Å²) >= 11 is 1.73. The molecular weight excluding hydrogens is 390 g/mol. The number of sulfone groups is 1. The van der Waals surface area contributed by atoms with E-state index in [-0.39, 0.29) is 10.9 Å². The number of hydrogen-bond donors (Lipinski definition) is 0. The van der Waals surface area contributed by atoms with Crippen LogP contribution >= 0.6 is 11.3 Å². The topological polar surface area (TPSA) is 55.2 Å². The van der Waals surface area contributed by atoms with Crippen LogP contribution in [0.3, 0.4) is 0 Å². The first-order chi connectivity index (χ1) is 13.5. The summed E-state index contributed by atoms with van der Waals surface area (Å²) in [5, 5.41) is 2.27. The van der Waals surface area contributed by atoms with Gasteiger partial charge in [-0.1, -0.05) is 43.3 Å². The molecule has 7 heteroatoms. The SMILES string of the molecule is CCS(=O)(=O)c1ncc(CN(C)Cc2cccs2)n1CCCc1ccccc1. The van der Waals surface area contributed by atoms with Crippen molar-refractivity contribution in [1.82, 2.24) is 14.5 Å². The van der Waals surface area contributed by atoms with E-state index in [1.54, 1.807) is 24.5 Å². The lowest BCUT2D eigenvalue weighted by Crippen LogP contribution is -2.21. The van der Waals surface area contributed by atoms with Crippen molar-refractivity contribution < 1.29 is 8.42 Å². The van der Waals surface area contributed by atoms with Crippen molar-refractivity contribution in [3.63, 3.8) is 0 Å². The van der Waals surface area contributed by atoms with Crippen LogP contribution in [0.15, 0.2) is 59.2 Å². The third-order valence-corrected chi connectivity index (χ3v) is 7.19. The maximum atomic E-state index is 12.5. The van der Waals surface area contributed by atoms with E-state index in [4.69, 9.17) is 0 Å². The zero-order chi connectivity index (χ0) is 20.0. The minimum atomic E-state index is -3.35. The van der Waals surface area contributed by atoms with E-state index in [1.807, 2.05) is 28.8 Å². The summed E-state index contributed by atoms with van der Waals surface area (Å²) in [7, 11) is -1.30. The first-order valence-corrected chi connectivity index (χ1v) is 12.0. The van der Waals surface area contributed by atoms with Crippen LogP contribution in [-0.2, 0) is 35.9 Å². The molecule has 0 aliphatic rings. The molecule has 2 heterocycles. The molecule has 0 bridgehead atoms. The first-order valence-electron chi connectivity index (χ1n) is 9.51. The van der Waals surface area contributed by atoms with Gasteiger partial charge < -0.3 is 4.57 Å². The second-order valence-corrected chi connectivity index (χ2v) is 10.1. The van der Waals surface area contributed by atoms with E-state index < -0.39 is 9.84 Å². The molecule has 0 aliphatic heterocycles. The molecule has 28 heavy (non-hydrogen) atoms. The predicted molar refractivity (Wildman–Crippen MR) is 114 cm³/mol. The van der Waals surface area contributed by atoms with Crippen molar-refractivity contribution in [2.75, 3.05) is 12.8 Å². The number of imidazole rings is 1. The van der Waals surface area contributed by atoms with E-state index in [1.165, 1.54) is 10.4 Å². The Kier molecular flexibility index (Phi) is 7.04. The van der Waals surface area contributed by atoms with E-state index in [2.05, 4.69) is 40.5 Å². The molecule has 150 valence electrons. The maximum Gasteiger partial charge on any atom is 0.227 e. The fourth-order valence-corrected chi connectivity index (χ4v) is 5.02. The minimum Gasteiger partial charge on any atom is -0.318 e. The molecule has 0 spiro atoms. The molecule has 0 radical (unpaired) electrons. The highest BCUT2D eigenvalue weighted by atomic mass is 32.2. The number of hydrogen-bond acceptors (Lipinski definition) is 5. The van der Waals surface area contributed by atoms with Gasteiger partial charge in [-0.25, -0.2) is 13.4 Å². The van der Waals surface area contributed by atoms with Gasteiger partial charge >= 0.3 is 0 Å². The molecule has 3 rings (SSSR count). The minimum absolute atomic E-state index is 0.0627. The van der Waals surface area contributed by atoms with Crippen molar-refractivity contribution in [3.05, 3.63) is 70.2 Å². The Labute approximate surface area is 171 Å². The molecule has 1 aromatic carbocycles.